The van der Waals surface area contributed by atoms with Gasteiger partial charge in [0.15, 0.2) is 0 Å². The van der Waals surface area contributed by atoms with Crippen LogP contribution in [0, 0.1) is 6.92 Å². The maximum atomic E-state index is 14.6. The molecule has 0 spiro atoms. The second kappa shape index (κ2) is 15.2. The summed E-state index contributed by atoms with van der Waals surface area (Å²) < 4.78 is 29.3. The number of hydrogen-bond acceptors (Lipinski definition) is 4. The third-order valence-corrected chi connectivity index (χ3v) is 10.9. The molecule has 7 nitrogen and oxygen atoms in total. The average Bonchev–Trinajstić information content (AvgIpc) is 3.57. The van der Waals surface area contributed by atoms with Crippen LogP contribution in [0.3, 0.4) is 0 Å². The summed E-state index contributed by atoms with van der Waals surface area (Å²) in [4.78, 5) is 30.2. The van der Waals surface area contributed by atoms with Crippen LogP contribution in [-0.2, 0) is 32.6 Å². The average molecular weight is 679 g/mol. The highest BCUT2D eigenvalue weighted by atomic mass is 35.5. The Morgan fingerprint density at radius 1 is 0.848 bits per heavy atom. The summed E-state index contributed by atoms with van der Waals surface area (Å²) in [5.74, 6) is -0.842. The van der Waals surface area contributed by atoms with Gasteiger partial charge in [-0.15, -0.1) is 0 Å². The first-order valence-corrected chi connectivity index (χ1v) is 17.5. The standard InChI is InChI=1S/C36H37Cl2N3O4S/c1-26-20-21-30(23-33(26)38)41(46(44,45)31-17-6-3-7-18-31)25-35(42)40(24-28-14-8-11-19-32(28)37)34(22-27-12-4-2-5-13-27)36(43)39-29-15-9-10-16-29/h2-8,11-14,17-21,23,29,34H,9-10,15-16,22,24-25H2,1H3,(H,39,43)/t34-/m1/s1. The van der Waals surface area contributed by atoms with Crippen molar-refractivity contribution in [1.82, 2.24) is 10.2 Å². The summed E-state index contributed by atoms with van der Waals surface area (Å²) >= 11 is 13.0. The third kappa shape index (κ3) is 8.10. The lowest BCUT2D eigenvalue weighted by Gasteiger charge is -2.34. The number of nitrogens with one attached hydrogen (secondary N) is 1. The molecule has 2 amide bonds. The molecule has 0 radical (unpaired) electrons. The molecule has 0 bridgehead atoms. The monoisotopic (exact) mass is 677 g/mol. The van der Waals surface area contributed by atoms with Gasteiger partial charge >= 0.3 is 0 Å². The number of sulfonamides is 1. The molecule has 1 aliphatic rings. The molecule has 4 aromatic carbocycles. The number of rotatable bonds is 12. The molecule has 1 N–H and O–H groups in total. The lowest BCUT2D eigenvalue weighted by molar-refractivity contribution is -0.140. The molecule has 46 heavy (non-hydrogen) atoms. The van der Waals surface area contributed by atoms with Crippen molar-refractivity contribution in [2.24, 2.45) is 0 Å². The van der Waals surface area contributed by atoms with E-state index in [2.05, 4.69) is 5.32 Å². The maximum absolute atomic E-state index is 14.6. The predicted octanol–water partition coefficient (Wildman–Crippen LogP) is 7.20. The topological polar surface area (TPSA) is 86.8 Å². The van der Waals surface area contributed by atoms with E-state index in [0.29, 0.717) is 15.6 Å². The van der Waals surface area contributed by atoms with Crippen molar-refractivity contribution in [3.63, 3.8) is 0 Å². The lowest BCUT2D eigenvalue weighted by Crippen LogP contribution is -2.54. The molecule has 1 atom stereocenters. The normalized spacial score (nSPS) is 14.1. The number of nitrogens with zero attached hydrogens (tertiary/aromatic N) is 2. The first-order chi connectivity index (χ1) is 22.1. The fourth-order valence-electron chi connectivity index (χ4n) is 5.72. The number of amides is 2. The molecule has 0 saturated heterocycles. The largest absolute Gasteiger partial charge is 0.352 e. The lowest BCUT2D eigenvalue weighted by atomic mass is 10.0. The summed E-state index contributed by atoms with van der Waals surface area (Å²) in [5.41, 5.74) is 2.51. The van der Waals surface area contributed by atoms with Crippen molar-refractivity contribution in [2.45, 2.75) is 62.6 Å². The predicted molar refractivity (Wildman–Crippen MR) is 183 cm³/mol. The van der Waals surface area contributed by atoms with Crippen molar-refractivity contribution >= 4 is 50.7 Å². The quantitative estimate of drug-likeness (QED) is 0.172. The van der Waals surface area contributed by atoms with Gasteiger partial charge in [0.25, 0.3) is 10.0 Å². The summed E-state index contributed by atoms with van der Waals surface area (Å²) in [7, 11) is -4.22. The smallest absolute Gasteiger partial charge is 0.264 e. The van der Waals surface area contributed by atoms with Crippen LogP contribution in [0.2, 0.25) is 10.0 Å². The fraction of sp³-hybridized carbons (Fsp3) is 0.278. The van der Waals surface area contributed by atoms with Crippen LogP contribution in [0.1, 0.15) is 42.4 Å². The van der Waals surface area contributed by atoms with E-state index < -0.39 is 28.5 Å². The fourth-order valence-corrected chi connectivity index (χ4v) is 7.51. The van der Waals surface area contributed by atoms with Crippen molar-refractivity contribution in [3.8, 4) is 0 Å². The molecule has 10 heteroatoms. The molecular weight excluding hydrogens is 641 g/mol. The number of halogens is 2. The van der Waals surface area contributed by atoms with Gasteiger partial charge in [0.05, 0.1) is 10.6 Å². The van der Waals surface area contributed by atoms with Gasteiger partial charge in [0.2, 0.25) is 11.8 Å². The molecule has 4 aromatic rings. The van der Waals surface area contributed by atoms with Crippen LogP contribution in [0.25, 0.3) is 0 Å². The minimum Gasteiger partial charge on any atom is -0.352 e. The number of carbonyl (C=O) groups excluding carboxylic acids is 2. The summed E-state index contributed by atoms with van der Waals surface area (Å²) in [6, 6.07) is 28.5. The number of aryl methyl sites for hydroxylation is 1. The van der Waals surface area contributed by atoms with Crippen molar-refractivity contribution in [3.05, 3.63) is 130 Å². The first-order valence-electron chi connectivity index (χ1n) is 15.3. The Hall–Kier alpha value is -3.85. The highest BCUT2D eigenvalue weighted by molar-refractivity contribution is 7.92. The van der Waals surface area contributed by atoms with E-state index in [1.54, 1.807) is 48.5 Å². The summed E-state index contributed by atoms with van der Waals surface area (Å²) in [6.45, 7) is 1.25. The van der Waals surface area contributed by atoms with Gasteiger partial charge in [-0.05, 0) is 66.8 Å². The van der Waals surface area contributed by atoms with Crippen molar-refractivity contribution in [2.75, 3.05) is 10.8 Å². The van der Waals surface area contributed by atoms with Gasteiger partial charge in [-0.2, -0.15) is 0 Å². The highest BCUT2D eigenvalue weighted by Crippen LogP contribution is 2.29. The van der Waals surface area contributed by atoms with Gasteiger partial charge in [-0.1, -0.05) is 109 Å². The molecule has 1 aliphatic carbocycles. The van der Waals surface area contributed by atoms with E-state index in [4.69, 9.17) is 23.2 Å². The first kappa shape index (κ1) is 33.5. The SMILES string of the molecule is Cc1ccc(N(CC(=O)N(Cc2ccccc2Cl)[C@H](Cc2ccccc2)C(=O)NC2CCCC2)S(=O)(=O)c2ccccc2)cc1Cl. The van der Waals surface area contributed by atoms with Gasteiger partial charge in [-0.25, -0.2) is 8.42 Å². The van der Waals surface area contributed by atoms with E-state index in [1.807, 2.05) is 43.3 Å². The third-order valence-electron chi connectivity index (χ3n) is 8.32. The maximum Gasteiger partial charge on any atom is 0.264 e. The van der Waals surface area contributed by atoms with Crippen LogP contribution >= 0.6 is 23.2 Å². The van der Waals surface area contributed by atoms with Crippen LogP contribution in [0.15, 0.2) is 108 Å². The van der Waals surface area contributed by atoms with Crippen molar-refractivity contribution < 1.29 is 18.0 Å². The minimum atomic E-state index is -4.22. The number of anilines is 1. The number of carbonyl (C=O) groups is 2. The van der Waals surface area contributed by atoms with E-state index in [9.17, 15) is 18.0 Å². The Labute approximate surface area is 281 Å². The molecule has 5 rings (SSSR count). The molecule has 0 aromatic heterocycles. The molecule has 240 valence electrons. The van der Waals surface area contributed by atoms with E-state index in [-0.39, 0.29) is 35.5 Å². The highest BCUT2D eigenvalue weighted by Gasteiger charge is 2.36. The second-order valence-corrected chi connectivity index (χ2v) is 14.2. The molecule has 0 heterocycles. The van der Waals surface area contributed by atoms with Crippen LogP contribution < -0.4 is 9.62 Å². The van der Waals surface area contributed by atoms with Crippen LogP contribution in [0.5, 0.6) is 0 Å². The Balaban J connectivity index is 1.58. The minimum absolute atomic E-state index is 0.00196. The Bertz CT molecular complexity index is 1760. The zero-order valence-electron chi connectivity index (χ0n) is 25.6. The van der Waals surface area contributed by atoms with Crippen LogP contribution in [-0.4, -0.2) is 43.8 Å². The number of hydrogen-bond donors (Lipinski definition) is 1. The van der Waals surface area contributed by atoms with E-state index in [1.165, 1.54) is 23.1 Å². The van der Waals surface area contributed by atoms with Gasteiger partial charge in [0.1, 0.15) is 12.6 Å². The zero-order chi connectivity index (χ0) is 32.7. The van der Waals surface area contributed by atoms with Gasteiger partial charge in [-0.3, -0.25) is 13.9 Å². The summed E-state index contributed by atoms with van der Waals surface area (Å²) in [6.07, 6.45) is 4.04. The Morgan fingerprint density at radius 2 is 1.48 bits per heavy atom. The Morgan fingerprint density at radius 3 is 2.13 bits per heavy atom. The second-order valence-electron chi connectivity index (χ2n) is 11.6. The Kier molecular flexibility index (Phi) is 11.0. The van der Waals surface area contributed by atoms with Gasteiger partial charge in [0, 0.05) is 29.1 Å². The van der Waals surface area contributed by atoms with E-state index in [0.717, 1.165) is 41.1 Å². The molecule has 1 saturated carbocycles. The van der Waals surface area contributed by atoms with Gasteiger partial charge < -0.3 is 10.2 Å². The number of benzene rings is 4. The van der Waals surface area contributed by atoms with Crippen LogP contribution in [0.4, 0.5) is 5.69 Å². The molecule has 0 aliphatic heterocycles. The van der Waals surface area contributed by atoms with E-state index >= 15 is 0 Å². The zero-order valence-corrected chi connectivity index (χ0v) is 27.9. The van der Waals surface area contributed by atoms with Crippen molar-refractivity contribution in [1.29, 1.82) is 0 Å². The molecule has 0 unspecified atom stereocenters. The molecule has 1 fully saturated rings. The molecular formula is C36H37Cl2N3O4S. The summed E-state index contributed by atoms with van der Waals surface area (Å²) in [5, 5.41) is 3.98.